The second-order valence-electron chi connectivity index (χ2n) is 4.61. The smallest absolute Gasteiger partial charge is 0.338 e. The zero-order valence-corrected chi connectivity index (χ0v) is 10.4. The maximum absolute atomic E-state index is 12.9. The minimum Gasteiger partial charge on any atom is -0.462 e. The minimum atomic E-state index is -0.376. The maximum atomic E-state index is 12.9. The molecule has 0 aliphatic carbocycles. The number of halogens is 1. The Hall–Kier alpha value is -1.42. The Morgan fingerprint density at radius 1 is 1.44 bits per heavy atom. The molecule has 4 heteroatoms. The van der Waals surface area contributed by atoms with Crippen molar-refractivity contribution in [3.05, 3.63) is 35.1 Å². The highest BCUT2D eigenvalue weighted by atomic mass is 19.1. The van der Waals surface area contributed by atoms with Crippen molar-refractivity contribution < 1.29 is 18.7 Å². The third-order valence-electron chi connectivity index (χ3n) is 3.20. The van der Waals surface area contributed by atoms with E-state index in [0.29, 0.717) is 23.7 Å². The van der Waals surface area contributed by atoms with Crippen molar-refractivity contribution in [2.45, 2.75) is 19.8 Å². The van der Waals surface area contributed by atoms with Gasteiger partial charge in [-0.1, -0.05) is 0 Å². The average Bonchev–Trinajstić information content (AvgIpc) is 2.37. The van der Waals surface area contributed by atoms with Gasteiger partial charge in [-0.15, -0.1) is 0 Å². The van der Waals surface area contributed by atoms with Crippen molar-refractivity contribution in [2.75, 3.05) is 19.8 Å². The first-order valence-electron chi connectivity index (χ1n) is 6.18. The fourth-order valence-electron chi connectivity index (χ4n) is 2.04. The fourth-order valence-corrected chi connectivity index (χ4v) is 2.04. The van der Waals surface area contributed by atoms with E-state index in [-0.39, 0.29) is 11.8 Å². The van der Waals surface area contributed by atoms with E-state index in [1.165, 1.54) is 18.2 Å². The summed E-state index contributed by atoms with van der Waals surface area (Å²) in [4.78, 5) is 11.8. The molecule has 0 N–H and O–H groups in total. The zero-order chi connectivity index (χ0) is 13.0. The standard InChI is InChI=1S/C14H17FO3/c1-10-8-12(15)2-3-13(10)14(16)18-9-11-4-6-17-7-5-11/h2-3,8,11H,4-7,9H2,1H3. The minimum absolute atomic E-state index is 0.339. The lowest BCUT2D eigenvalue weighted by atomic mass is 10.0. The average molecular weight is 252 g/mol. The number of ether oxygens (including phenoxy) is 2. The molecule has 3 nitrogen and oxygen atoms in total. The van der Waals surface area contributed by atoms with Crippen molar-refractivity contribution in [3.8, 4) is 0 Å². The molecule has 0 radical (unpaired) electrons. The monoisotopic (exact) mass is 252 g/mol. The quantitative estimate of drug-likeness (QED) is 0.776. The molecule has 1 aliphatic heterocycles. The molecule has 1 aliphatic rings. The summed E-state index contributed by atoms with van der Waals surface area (Å²) in [6.07, 6.45) is 1.85. The molecule has 1 heterocycles. The summed E-state index contributed by atoms with van der Waals surface area (Å²) in [6, 6.07) is 4.08. The van der Waals surface area contributed by atoms with E-state index in [4.69, 9.17) is 9.47 Å². The van der Waals surface area contributed by atoms with Crippen LogP contribution >= 0.6 is 0 Å². The van der Waals surface area contributed by atoms with E-state index in [2.05, 4.69) is 0 Å². The largest absolute Gasteiger partial charge is 0.462 e. The van der Waals surface area contributed by atoms with Crippen LogP contribution in [0.25, 0.3) is 0 Å². The summed E-state index contributed by atoms with van der Waals surface area (Å²) in [7, 11) is 0. The molecule has 1 fully saturated rings. The number of hydrogen-bond donors (Lipinski definition) is 0. The number of esters is 1. The van der Waals surface area contributed by atoms with E-state index in [0.717, 1.165) is 26.1 Å². The predicted molar refractivity (Wildman–Crippen MR) is 65.0 cm³/mol. The molecule has 1 saturated heterocycles. The van der Waals surface area contributed by atoms with Gasteiger partial charge in [-0.25, -0.2) is 9.18 Å². The number of aryl methyl sites for hydroxylation is 1. The Kier molecular flexibility index (Phi) is 4.31. The van der Waals surface area contributed by atoms with Crippen molar-refractivity contribution in [1.29, 1.82) is 0 Å². The highest BCUT2D eigenvalue weighted by molar-refractivity contribution is 5.90. The van der Waals surface area contributed by atoms with Crippen LogP contribution in [0.3, 0.4) is 0 Å². The summed E-state index contributed by atoms with van der Waals surface area (Å²) in [6.45, 7) is 3.59. The molecule has 1 aromatic rings. The van der Waals surface area contributed by atoms with Gasteiger partial charge in [0.15, 0.2) is 0 Å². The van der Waals surface area contributed by atoms with E-state index < -0.39 is 0 Å². The third-order valence-corrected chi connectivity index (χ3v) is 3.20. The molecular weight excluding hydrogens is 235 g/mol. The number of benzene rings is 1. The molecule has 1 aromatic carbocycles. The van der Waals surface area contributed by atoms with E-state index in [1.54, 1.807) is 6.92 Å². The number of hydrogen-bond acceptors (Lipinski definition) is 3. The van der Waals surface area contributed by atoms with E-state index in [1.807, 2.05) is 0 Å². The lowest BCUT2D eigenvalue weighted by Gasteiger charge is -2.21. The van der Waals surface area contributed by atoms with Crippen LogP contribution in [0.1, 0.15) is 28.8 Å². The van der Waals surface area contributed by atoms with Crippen LogP contribution in [0.5, 0.6) is 0 Å². The second-order valence-corrected chi connectivity index (χ2v) is 4.61. The molecule has 0 bridgehead atoms. The van der Waals surface area contributed by atoms with Gasteiger partial charge < -0.3 is 9.47 Å². The molecule has 98 valence electrons. The zero-order valence-electron chi connectivity index (χ0n) is 10.4. The molecule has 2 rings (SSSR count). The lowest BCUT2D eigenvalue weighted by molar-refractivity contribution is 0.0185. The highest BCUT2D eigenvalue weighted by Crippen LogP contribution is 2.17. The van der Waals surface area contributed by atoms with Gasteiger partial charge in [0.05, 0.1) is 12.2 Å². The summed E-state index contributed by atoms with van der Waals surface area (Å²) >= 11 is 0. The molecule has 0 saturated carbocycles. The molecule has 0 unspecified atom stereocenters. The van der Waals surface area contributed by atoms with Crippen molar-refractivity contribution in [3.63, 3.8) is 0 Å². The van der Waals surface area contributed by atoms with Gasteiger partial charge in [0.1, 0.15) is 5.82 Å². The third kappa shape index (κ3) is 3.29. The van der Waals surface area contributed by atoms with Crippen LogP contribution < -0.4 is 0 Å². The summed E-state index contributed by atoms with van der Waals surface area (Å²) in [5.74, 6) is -0.337. The van der Waals surface area contributed by atoms with Gasteiger partial charge in [-0.05, 0) is 49.4 Å². The van der Waals surface area contributed by atoms with Crippen molar-refractivity contribution >= 4 is 5.97 Å². The number of carbonyl (C=O) groups is 1. The van der Waals surface area contributed by atoms with Crippen molar-refractivity contribution in [2.24, 2.45) is 5.92 Å². The molecular formula is C14H17FO3. The van der Waals surface area contributed by atoms with Crippen LogP contribution in [0.15, 0.2) is 18.2 Å². The first-order valence-corrected chi connectivity index (χ1v) is 6.18. The van der Waals surface area contributed by atoms with Gasteiger partial charge in [-0.3, -0.25) is 0 Å². The van der Waals surface area contributed by atoms with Crippen LogP contribution in [0.4, 0.5) is 4.39 Å². The predicted octanol–water partition coefficient (Wildman–Crippen LogP) is 2.72. The van der Waals surface area contributed by atoms with Gasteiger partial charge in [0.25, 0.3) is 0 Å². The molecule has 0 atom stereocenters. The molecule has 0 spiro atoms. The summed E-state index contributed by atoms with van der Waals surface area (Å²) < 4.78 is 23.4. The number of carbonyl (C=O) groups excluding carboxylic acids is 1. The molecule has 18 heavy (non-hydrogen) atoms. The maximum Gasteiger partial charge on any atom is 0.338 e. The van der Waals surface area contributed by atoms with Crippen LogP contribution in [-0.2, 0) is 9.47 Å². The second kappa shape index (κ2) is 5.96. The van der Waals surface area contributed by atoms with E-state index in [9.17, 15) is 9.18 Å². The van der Waals surface area contributed by atoms with E-state index >= 15 is 0 Å². The highest BCUT2D eigenvalue weighted by Gasteiger charge is 2.17. The summed E-state index contributed by atoms with van der Waals surface area (Å²) in [5, 5.41) is 0. The fraction of sp³-hybridized carbons (Fsp3) is 0.500. The Morgan fingerprint density at radius 2 is 2.17 bits per heavy atom. The van der Waals surface area contributed by atoms with Gasteiger partial charge >= 0.3 is 5.97 Å². The van der Waals surface area contributed by atoms with Crippen LogP contribution in [0, 0.1) is 18.7 Å². The molecule has 0 amide bonds. The summed E-state index contributed by atoms with van der Waals surface area (Å²) in [5.41, 5.74) is 1.04. The van der Waals surface area contributed by atoms with Gasteiger partial charge in [0, 0.05) is 13.2 Å². The Bertz CT molecular complexity index is 425. The Labute approximate surface area is 106 Å². The number of rotatable bonds is 3. The Balaban J connectivity index is 1.90. The first kappa shape index (κ1) is 13.0. The van der Waals surface area contributed by atoms with Crippen LogP contribution in [0.2, 0.25) is 0 Å². The van der Waals surface area contributed by atoms with Crippen LogP contribution in [-0.4, -0.2) is 25.8 Å². The molecule has 0 aromatic heterocycles. The Morgan fingerprint density at radius 3 is 2.83 bits per heavy atom. The van der Waals surface area contributed by atoms with Gasteiger partial charge in [0.2, 0.25) is 0 Å². The van der Waals surface area contributed by atoms with Gasteiger partial charge in [-0.2, -0.15) is 0 Å². The topological polar surface area (TPSA) is 35.5 Å². The lowest BCUT2D eigenvalue weighted by Crippen LogP contribution is -2.22. The first-order chi connectivity index (χ1) is 8.66. The van der Waals surface area contributed by atoms with Crippen molar-refractivity contribution in [1.82, 2.24) is 0 Å². The SMILES string of the molecule is Cc1cc(F)ccc1C(=O)OCC1CCOCC1. The normalized spacial score (nSPS) is 16.6.